The molecule has 0 unspecified atom stereocenters. The Kier molecular flexibility index (Phi) is 7.49. The molecule has 0 bridgehead atoms. The van der Waals surface area contributed by atoms with E-state index >= 15 is 0 Å². The highest BCUT2D eigenvalue weighted by Gasteiger charge is 2.22. The number of nitrogens with one attached hydrogen (secondary N) is 3. The second-order valence-corrected chi connectivity index (χ2v) is 10.3. The van der Waals surface area contributed by atoms with Crippen LogP contribution in [0.25, 0.3) is 0 Å². The number of halogens is 1. The molecule has 0 aliphatic heterocycles. The number of amides is 1. The van der Waals surface area contributed by atoms with E-state index in [0.717, 1.165) is 30.2 Å². The van der Waals surface area contributed by atoms with Crippen molar-refractivity contribution < 1.29 is 13.2 Å². The molecule has 0 aromatic heterocycles. The van der Waals surface area contributed by atoms with Gasteiger partial charge in [0.25, 0.3) is 10.0 Å². The smallest absolute Gasteiger partial charge is 0.262 e. The predicted molar refractivity (Wildman–Crippen MR) is 127 cm³/mol. The third kappa shape index (κ3) is 6.02. The van der Waals surface area contributed by atoms with Gasteiger partial charge >= 0.3 is 0 Å². The summed E-state index contributed by atoms with van der Waals surface area (Å²) >= 11 is 8.58. The molecule has 1 aliphatic rings. The molecule has 160 valence electrons. The predicted octanol–water partition coefficient (Wildman–Crippen LogP) is 4.95. The number of sulfonamides is 1. The van der Waals surface area contributed by atoms with E-state index in [9.17, 15) is 13.2 Å². The first-order valence-corrected chi connectivity index (χ1v) is 12.4. The molecule has 2 aromatic carbocycles. The molecule has 2 aromatic rings. The lowest BCUT2D eigenvalue weighted by atomic mass is 9.89. The van der Waals surface area contributed by atoms with Gasteiger partial charge in [-0.05, 0) is 73.9 Å². The average Bonchev–Trinajstić information content (AvgIpc) is 2.71. The fraction of sp³-hybridized carbons (Fsp3) is 0.333. The summed E-state index contributed by atoms with van der Waals surface area (Å²) in [5.41, 5.74) is 1.55. The second-order valence-electron chi connectivity index (χ2n) is 7.37. The van der Waals surface area contributed by atoms with E-state index in [4.69, 9.17) is 12.2 Å². The van der Waals surface area contributed by atoms with Crippen molar-refractivity contribution in [1.82, 2.24) is 5.32 Å². The van der Waals surface area contributed by atoms with Crippen molar-refractivity contribution in [1.29, 1.82) is 0 Å². The lowest BCUT2D eigenvalue weighted by Gasteiger charge is -2.21. The Morgan fingerprint density at radius 3 is 2.33 bits per heavy atom. The highest BCUT2D eigenvalue weighted by atomic mass is 79.9. The van der Waals surface area contributed by atoms with Gasteiger partial charge < -0.3 is 10.6 Å². The van der Waals surface area contributed by atoms with E-state index in [-0.39, 0.29) is 21.8 Å². The highest BCUT2D eigenvalue weighted by molar-refractivity contribution is 9.10. The first-order valence-electron chi connectivity index (χ1n) is 9.75. The van der Waals surface area contributed by atoms with Crippen molar-refractivity contribution in [3.63, 3.8) is 0 Å². The van der Waals surface area contributed by atoms with Crippen LogP contribution in [0.3, 0.4) is 0 Å². The van der Waals surface area contributed by atoms with Crippen LogP contribution in [0.5, 0.6) is 0 Å². The maximum Gasteiger partial charge on any atom is 0.262 e. The summed E-state index contributed by atoms with van der Waals surface area (Å²) in [5.74, 6) is -0.0911. The van der Waals surface area contributed by atoms with Crippen LogP contribution in [-0.4, -0.2) is 19.4 Å². The quantitative estimate of drug-likeness (QED) is 0.496. The fourth-order valence-corrected chi connectivity index (χ4v) is 5.25. The zero-order chi connectivity index (χ0) is 21.7. The molecule has 0 atom stereocenters. The Morgan fingerprint density at radius 2 is 1.67 bits per heavy atom. The van der Waals surface area contributed by atoms with E-state index < -0.39 is 10.0 Å². The van der Waals surface area contributed by atoms with Crippen LogP contribution in [0.4, 0.5) is 11.4 Å². The molecule has 3 N–H and O–H groups in total. The van der Waals surface area contributed by atoms with Crippen LogP contribution < -0.4 is 15.4 Å². The number of hydrogen-bond donors (Lipinski definition) is 3. The van der Waals surface area contributed by atoms with Gasteiger partial charge in [0.2, 0.25) is 5.91 Å². The van der Waals surface area contributed by atoms with E-state index in [1.165, 1.54) is 12.5 Å². The minimum Gasteiger partial charge on any atom is -0.332 e. The largest absolute Gasteiger partial charge is 0.332 e. The molecule has 1 aliphatic carbocycles. The van der Waals surface area contributed by atoms with Crippen molar-refractivity contribution in [3.05, 3.63) is 52.5 Å². The third-order valence-electron chi connectivity index (χ3n) is 5.04. The molecule has 1 fully saturated rings. The van der Waals surface area contributed by atoms with Crippen molar-refractivity contribution in [3.8, 4) is 0 Å². The van der Waals surface area contributed by atoms with Gasteiger partial charge in [-0.25, -0.2) is 8.42 Å². The van der Waals surface area contributed by atoms with E-state index in [2.05, 4.69) is 31.3 Å². The van der Waals surface area contributed by atoms with Gasteiger partial charge in [-0.1, -0.05) is 41.3 Å². The number of anilines is 2. The molecule has 0 heterocycles. The van der Waals surface area contributed by atoms with Crippen LogP contribution in [0, 0.1) is 12.8 Å². The minimum atomic E-state index is -3.79. The van der Waals surface area contributed by atoms with Gasteiger partial charge in [-0.2, -0.15) is 0 Å². The molecule has 0 spiro atoms. The van der Waals surface area contributed by atoms with E-state index in [1.54, 1.807) is 43.3 Å². The number of aryl methyl sites for hydroxylation is 1. The summed E-state index contributed by atoms with van der Waals surface area (Å²) in [5, 5.41) is 5.82. The topological polar surface area (TPSA) is 87.3 Å². The molecule has 0 saturated heterocycles. The van der Waals surface area contributed by atoms with Crippen molar-refractivity contribution in [2.75, 3.05) is 10.0 Å². The van der Waals surface area contributed by atoms with Gasteiger partial charge in [-0.3, -0.25) is 9.52 Å². The molecule has 30 heavy (non-hydrogen) atoms. The van der Waals surface area contributed by atoms with Crippen LogP contribution in [0.1, 0.15) is 37.7 Å². The minimum absolute atomic E-state index is 0.0115. The molecule has 1 amide bonds. The van der Waals surface area contributed by atoms with E-state index in [0.29, 0.717) is 16.9 Å². The van der Waals surface area contributed by atoms with Crippen molar-refractivity contribution >= 4 is 60.6 Å². The second kappa shape index (κ2) is 9.89. The molecule has 9 heteroatoms. The lowest BCUT2D eigenvalue weighted by molar-refractivity contribution is -0.124. The van der Waals surface area contributed by atoms with Crippen LogP contribution in [0.15, 0.2) is 51.8 Å². The number of rotatable bonds is 5. The van der Waals surface area contributed by atoms with Crippen molar-refractivity contribution in [2.24, 2.45) is 5.92 Å². The number of benzene rings is 2. The maximum absolute atomic E-state index is 12.9. The Hall–Kier alpha value is -1.97. The van der Waals surface area contributed by atoms with Gasteiger partial charge in [-0.15, -0.1) is 0 Å². The summed E-state index contributed by atoms with van der Waals surface area (Å²) in [7, 11) is -3.79. The van der Waals surface area contributed by atoms with Crippen LogP contribution >= 0.6 is 28.1 Å². The molecule has 6 nitrogen and oxygen atoms in total. The molecule has 1 saturated carbocycles. The van der Waals surface area contributed by atoms with Gasteiger partial charge in [0.05, 0.1) is 4.90 Å². The molecular weight excluding hydrogens is 486 g/mol. The lowest BCUT2D eigenvalue weighted by Crippen LogP contribution is -2.39. The zero-order valence-electron chi connectivity index (χ0n) is 16.6. The van der Waals surface area contributed by atoms with E-state index in [1.807, 2.05) is 0 Å². The summed E-state index contributed by atoms with van der Waals surface area (Å²) in [6, 6.07) is 11.8. The number of hydrogen-bond acceptors (Lipinski definition) is 4. The van der Waals surface area contributed by atoms with Crippen LogP contribution in [0.2, 0.25) is 0 Å². The number of carbonyl (C=O) groups excluding carboxylic acids is 1. The monoisotopic (exact) mass is 509 g/mol. The van der Waals surface area contributed by atoms with Gasteiger partial charge in [0.15, 0.2) is 5.11 Å². The first-order chi connectivity index (χ1) is 14.2. The standard InChI is InChI=1S/C21H24BrN3O3S2/c1-14-7-10-18(23-21(29)24-20(26)15-5-3-2-4-6-15)13-19(14)30(27,28)25-17-11-8-16(22)9-12-17/h7-13,15,25H,2-6H2,1H3,(H2,23,24,26,29). The number of carbonyl (C=O) groups is 1. The Balaban J connectivity index is 1.70. The summed E-state index contributed by atoms with van der Waals surface area (Å²) in [4.78, 5) is 12.5. The molecular formula is C21H24BrN3O3S2. The van der Waals surface area contributed by atoms with Gasteiger partial charge in [0, 0.05) is 21.8 Å². The van der Waals surface area contributed by atoms with Gasteiger partial charge in [0.1, 0.15) is 0 Å². The van der Waals surface area contributed by atoms with Crippen molar-refractivity contribution in [2.45, 2.75) is 43.9 Å². The Labute approximate surface area is 191 Å². The Morgan fingerprint density at radius 1 is 1.03 bits per heavy atom. The Bertz CT molecular complexity index is 1030. The maximum atomic E-state index is 12.9. The SMILES string of the molecule is Cc1ccc(NC(=S)NC(=O)C2CCCCC2)cc1S(=O)(=O)Nc1ccc(Br)cc1. The average molecular weight is 510 g/mol. The summed E-state index contributed by atoms with van der Waals surface area (Å²) in [6.07, 6.45) is 5.04. The summed E-state index contributed by atoms with van der Waals surface area (Å²) in [6.45, 7) is 1.73. The summed E-state index contributed by atoms with van der Waals surface area (Å²) < 4.78 is 29.2. The first kappa shape index (κ1) is 22.7. The fourth-order valence-electron chi connectivity index (χ4n) is 3.44. The van der Waals surface area contributed by atoms with Crippen LogP contribution in [-0.2, 0) is 14.8 Å². The zero-order valence-corrected chi connectivity index (χ0v) is 19.8. The molecule has 3 rings (SSSR count). The number of thiocarbonyl (C=S) groups is 1. The molecule has 0 radical (unpaired) electrons. The third-order valence-corrected chi connectivity index (χ3v) is 7.30. The highest BCUT2D eigenvalue weighted by Crippen LogP contribution is 2.25. The normalized spacial score (nSPS) is 14.7.